The molecule has 0 aliphatic heterocycles. The predicted octanol–water partition coefficient (Wildman–Crippen LogP) is 4.35. The van der Waals surface area contributed by atoms with Crippen molar-refractivity contribution in [2.45, 2.75) is 39.2 Å². The molecule has 3 aromatic rings. The lowest BCUT2D eigenvalue weighted by Crippen LogP contribution is -2.24. The predicted molar refractivity (Wildman–Crippen MR) is 95.8 cm³/mol. The van der Waals surface area contributed by atoms with Gasteiger partial charge in [-0.1, -0.05) is 23.7 Å². The van der Waals surface area contributed by atoms with Crippen LogP contribution in [0.4, 0.5) is 0 Å². The molecule has 3 nitrogen and oxygen atoms in total. The smallest absolute Gasteiger partial charge is 0.262 e. The monoisotopic (exact) mass is 344 g/mol. The van der Waals surface area contributed by atoms with Crippen LogP contribution in [0.25, 0.3) is 10.2 Å². The number of hydrogen-bond acceptors (Lipinski definition) is 3. The van der Waals surface area contributed by atoms with Crippen molar-refractivity contribution in [2.24, 2.45) is 0 Å². The van der Waals surface area contributed by atoms with Crippen LogP contribution in [0.2, 0.25) is 5.02 Å². The molecule has 0 N–H and O–H groups in total. The van der Waals surface area contributed by atoms with Crippen LogP contribution in [0.3, 0.4) is 0 Å². The zero-order valence-electron chi connectivity index (χ0n) is 12.9. The lowest BCUT2D eigenvalue weighted by molar-refractivity contribution is 0.693. The molecule has 0 spiro atoms. The van der Waals surface area contributed by atoms with E-state index < -0.39 is 0 Å². The minimum atomic E-state index is 0.0897. The van der Waals surface area contributed by atoms with E-state index in [0.717, 1.165) is 34.4 Å². The SMILES string of the molecule is Cc1nc2sc3c(c2c(=O)n1Cc1cccc(Cl)c1)CCCC3. The molecular weight excluding hydrogens is 328 g/mol. The number of rotatable bonds is 2. The van der Waals surface area contributed by atoms with Crippen molar-refractivity contribution in [1.29, 1.82) is 0 Å². The number of halogens is 1. The molecule has 0 amide bonds. The van der Waals surface area contributed by atoms with Crippen LogP contribution in [0.1, 0.15) is 34.7 Å². The molecule has 1 aliphatic carbocycles. The highest BCUT2D eigenvalue weighted by atomic mass is 35.5. The first-order chi connectivity index (χ1) is 11.1. The topological polar surface area (TPSA) is 34.9 Å². The van der Waals surface area contributed by atoms with Gasteiger partial charge in [0.2, 0.25) is 0 Å². The Hall–Kier alpha value is -1.65. The first kappa shape index (κ1) is 14.9. The van der Waals surface area contributed by atoms with Crippen LogP contribution in [0.5, 0.6) is 0 Å². The summed E-state index contributed by atoms with van der Waals surface area (Å²) in [6, 6.07) is 7.65. The number of aryl methyl sites for hydroxylation is 3. The minimum Gasteiger partial charge on any atom is -0.292 e. The Morgan fingerprint density at radius 2 is 2.13 bits per heavy atom. The van der Waals surface area contributed by atoms with Crippen LogP contribution in [0.15, 0.2) is 29.1 Å². The van der Waals surface area contributed by atoms with E-state index in [1.807, 2.05) is 31.2 Å². The normalized spacial score (nSPS) is 14.2. The summed E-state index contributed by atoms with van der Waals surface area (Å²) in [5, 5.41) is 1.53. The fourth-order valence-electron chi connectivity index (χ4n) is 3.34. The second-order valence-corrected chi connectivity index (χ2v) is 7.59. The van der Waals surface area contributed by atoms with Crippen LogP contribution < -0.4 is 5.56 Å². The Kier molecular flexibility index (Phi) is 3.74. The summed E-state index contributed by atoms with van der Waals surface area (Å²) < 4.78 is 1.77. The molecule has 2 heterocycles. The zero-order valence-corrected chi connectivity index (χ0v) is 14.5. The molecule has 0 saturated carbocycles. The average molecular weight is 345 g/mol. The number of aromatic nitrogens is 2. The van der Waals surface area contributed by atoms with Gasteiger partial charge in [0, 0.05) is 9.90 Å². The quantitative estimate of drug-likeness (QED) is 0.692. The molecule has 0 radical (unpaired) electrons. The highest BCUT2D eigenvalue weighted by molar-refractivity contribution is 7.18. The molecule has 0 fully saturated rings. The van der Waals surface area contributed by atoms with Gasteiger partial charge in [-0.25, -0.2) is 4.98 Å². The number of nitrogens with zero attached hydrogens (tertiary/aromatic N) is 2. The van der Waals surface area contributed by atoms with Gasteiger partial charge in [-0.2, -0.15) is 0 Å². The Morgan fingerprint density at radius 3 is 2.96 bits per heavy atom. The van der Waals surface area contributed by atoms with E-state index in [0.29, 0.717) is 11.6 Å². The average Bonchev–Trinajstić information content (AvgIpc) is 2.89. The fraction of sp³-hybridized carbons (Fsp3) is 0.333. The van der Waals surface area contributed by atoms with Gasteiger partial charge in [0.05, 0.1) is 11.9 Å². The summed E-state index contributed by atoms with van der Waals surface area (Å²) in [5.74, 6) is 0.765. The van der Waals surface area contributed by atoms with Gasteiger partial charge in [0.15, 0.2) is 0 Å². The Labute approximate surface area is 143 Å². The van der Waals surface area contributed by atoms with Crippen molar-refractivity contribution < 1.29 is 0 Å². The van der Waals surface area contributed by atoms with Crippen molar-refractivity contribution in [2.75, 3.05) is 0 Å². The summed E-state index contributed by atoms with van der Waals surface area (Å²) in [6.45, 7) is 2.42. The van der Waals surface area contributed by atoms with E-state index in [1.54, 1.807) is 15.9 Å². The molecule has 1 aliphatic rings. The molecule has 2 aromatic heterocycles. The van der Waals surface area contributed by atoms with E-state index in [-0.39, 0.29) is 5.56 Å². The summed E-state index contributed by atoms with van der Waals surface area (Å²) in [4.78, 5) is 20.0. The number of hydrogen-bond donors (Lipinski definition) is 0. The van der Waals surface area contributed by atoms with Gasteiger partial charge in [0.25, 0.3) is 5.56 Å². The van der Waals surface area contributed by atoms with Gasteiger partial charge in [-0.15, -0.1) is 11.3 Å². The van der Waals surface area contributed by atoms with E-state index in [9.17, 15) is 4.79 Å². The molecule has 23 heavy (non-hydrogen) atoms. The van der Waals surface area contributed by atoms with Gasteiger partial charge >= 0.3 is 0 Å². The molecule has 5 heteroatoms. The van der Waals surface area contributed by atoms with Crippen LogP contribution in [-0.2, 0) is 19.4 Å². The molecular formula is C18H17ClN2OS. The molecule has 4 rings (SSSR count). The van der Waals surface area contributed by atoms with Crippen molar-refractivity contribution in [3.8, 4) is 0 Å². The highest BCUT2D eigenvalue weighted by Crippen LogP contribution is 2.33. The first-order valence-electron chi connectivity index (χ1n) is 7.89. The van der Waals surface area contributed by atoms with Gasteiger partial charge < -0.3 is 0 Å². The lowest BCUT2D eigenvalue weighted by Gasteiger charge is -2.12. The van der Waals surface area contributed by atoms with Crippen LogP contribution in [0, 0.1) is 6.92 Å². The second kappa shape index (κ2) is 5.77. The highest BCUT2D eigenvalue weighted by Gasteiger charge is 2.21. The van der Waals surface area contributed by atoms with Crippen LogP contribution >= 0.6 is 22.9 Å². The summed E-state index contributed by atoms with van der Waals surface area (Å²) >= 11 is 7.76. The maximum absolute atomic E-state index is 13.1. The van der Waals surface area contributed by atoms with Gasteiger partial charge in [-0.05, 0) is 55.9 Å². The Morgan fingerprint density at radius 1 is 1.30 bits per heavy atom. The third-order valence-electron chi connectivity index (χ3n) is 4.50. The largest absolute Gasteiger partial charge is 0.292 e. The van der Waals surface area contributed by atoms with Gasteiger partial charge in [0.1, 0.15) is 10.7 Å². The summed E-state index contributed by atoms with van der Waals surface area (Å²) in [6.07, 6.45) is 4.48. The summed E-state index contributed by atoms with van der Waals surface area (Å²) in [7, 11) is 0. The maximum atomic E-state index is 13.1. The Bertz CT molecular complexity index is 958. The number of benzene rings is 1. The fourth-order valence-corrected chi connectivity index (χ4v) is 4.85. The van der Waals surface area contributed by atoms with Crippen LogP contribution in [-0.4, -0.2) is 9.55 Å². The molecule has 0 unspecified atom stereocenters. The van der Waals surface area contributed by atoms with Crippen molar-refractivity contribution >= 4 is 33.2 Å². The first-order valence-corrected chi connectivity index (χ1v) is 9.09. The zero-order chi connectivity index (χ0) is 16.0. The summed E-state index contributed by atoms with van der Waals surface area (Å²) in [5.41, 5.74) is 2.36. The molecule has 118 valence electrons. The molecule has 1 aromatic carbocycles. The third kappa shape index (κ3) is 2.60. The number of fused-ring (bicyclic) bond motifs is 3. The van der Waals surface area contributed by atoms with E-state index in [1.165, 1.54) is 23.3 Å². The van der Waals surface area contributed by atoms with E-state index in [4.69, 9.17) is 16.6 Å². The van der Waals surface area contributed by atoms with Gasteiger partial charge in [-0.3, -0.25) is 9.36 Å². The van der Waals surface area contributed by atoms with Crippen molar-refractivity contribution in [3.63, 3.8) is 0 Å². The van der Waals surface area contributed by atoms with E-state index in [2.05, 4.69) is 0 Å². The third-order valence-corrected chi connectivity index (χ3v) is 5.92. The standard InChI is InChI=1S/C18H17ClN2OS/c1-11-20-17-16(14-7-2-3-8-15(14)23-17)18(22)21(11)10-12-5-4-6-13(19)9-12/h4-6,9H,2-3,7-8,10H2,1H3. The molecule has 0 bridgehead atoms. The lowest BCUT2D eigenvalue weighted by atomic mass is 9.97. The van der Waals surface area contributed by atoms with Crippen molar-refractivity contribution in [3.05, 3.63) is 61.5 Å². The minimum absolute atomic E-state index is 0.0897. The Balaban J connectivity index is 1.88. The second-order valence-electron chi connectivity index (χ2n) is 6.07. The maximum Gasteiger partial charge on any atom is 0.262 e. The van der Waals surface area contributed by atoms with Crippen molar-refractivity contribution in [1.82, 2.24) is 9.55 Å². The molecule has 0 saturated heterocycles. The van der Waals surface area contributed by atoms with E-state index >= 15 is 0 Å². The number of thiophene rings is 1. The molecule has 0 atom stereocenters.